The van der Waals surface area contributed by atoms with Crippen molar-refractivity contribution in [2.75, 3.05) is 37.8 Å². The molecule has 11 nitrogen and oxygen atoms in total. The van der Waals surface area contributed by atoms with E-state index >= 15 is 0 Å². The number of thiazole rings is 1. The molecule has 2 aromatic heterocycles. The molecule has 3 amide bonds. The molecule has 13 heteroatoms. The number of carbonyl (C=O) groups is 4. The number of ether oxygens (including phenoxy) is 2. The number of anilines is 1. The van der Waals surface area contributed by atoms with E-state index in [9.17, 15) is 24.0 Å². The van der Waals surface area contributed by atoms with Gasteiger partial charge in [0.05, 0.1) is 42.0 Å². The topological polar surface area (TPSA) is 128 Å². The first-order chi connectivity index (χ1) is 19.9. The van der Waals surface area contributed by atoms with Crippen molar-refractivity contribution in [2.45, 2.75) is 29.7 Å². The molecule has 1 aromatic carbocycles. The van der Waals surface area contributed by atoms with E-state index in [1.807, 2.05) is 6.07 Å². The van der Waals surface area contributed by atoms with E-state index in [2.05, 4.69) is 4.98 Å². The highest BCUT2D eigenvalue weighted by atomic mass is 32.2. The summed E-state index contributed by atoms with van der Waals surface area (Å²) in [7, 11) is 0. The summed E-state index contributed by atoms with van der Waals surface area (Å²) in [6.07, 6.45) is 3.26. The minimum absolute atomic E-state index is 0.157. The molecule has 0 saturated carbocycles. The summed E-state index contributed by atoms with van der Waals surface area (Å²) in [6, 6.07) is 9.73. The lowest BCUT2D eigenvalue weighted by atomic mass is 9.84. The van der Waals surface area contributed by atoms with Crippen molar-refractivity contribution < 1.29 is 28.7 Å². The fourth-order valence-electron chi connectivity index (χ4n) is 5.44. The molecule has 6 rings (SSSR count). The zero-order valence-electron chi connectivity index (χ0n) is 22.1. The number of pyridine rings is 1. The zero-order valence-corrected chi connectivity index (χ0v) is 23.7. The van der Waals surface area contributed by atoms with Crippen molar-refractivity contribution in [3.8, 4) is 0 Å². The molecule has 0 radical (unpaired) electrons. The fourth-order valence-corrected chi connectivity index (χ4v) is 8.21. The summed E-state index contributed by atoms with van der Waals surface area (Å²) in [5.74, 6) is -2.88. The third kappa shape index (κ3) is 4.87. The number of nitrogens with zero attached hydrogens (tertiary/aromatic N) is 4. The number of imide groups is 1. The molecule has 5 heterocycles. The summed E-state index contributed by atoms with van der Waals surface area (Å²) in [5.41, 5.74) is 1.36. The normalized spacial score (nSPS) is 21.9. The van der Waals surface area contributed by atoms with Crippen LogP contribution >= 0.6 is 23.1 Å². The van der Waals surface area contributed by atoms with Gasteiger partial charge in [-0.2, -0.15) is 0 Å². The minimum Gasteiger partial charge on any atom is -0.462 e. The standard InChI is InChI=1S/C28H26N4O7S2/c1-2-39-27(36)16-5-7-18(8-6-16)32-24(34)21-20(17-4-3-9-29-14-17)23-26(40-22(21)25(32)35)31(28(37)41-23)15-19(33)30-10-12-38-13-11-30/h3-9,14,20-22H,2,10-13,15H2,1H3/t20-,21-,22+/m0/s1. The Morgan fingerprint density at radius 1 is 1.07 bits per heavy atom. The van der Waals surface area contributed by atoms with Gasteiger partial charge in [0.1, 0.15) is 11.8 Å². The number of hydrogen-bond acceptors (Lipinski definition) is 10. The second-order valence-electron chi connectivity index (χ2n) is 9.72. The SMILES string of the molecule is CCOC(=O)c1ccc(N2C(=O)[C@H]3[C@H](c4cccnc4)c4sc(=O)n(CC(=O)N5CCOCC5)c4S[C@H]3C2=O)cc1. The third-order valence-electron chi connectivity index (χ3n) is 7.39. The number of thioether (sulfide) groups is 1. The number of esters is 1. The Balaban J connectivity index is 1.37. The molecular weight excluding hydrogens is 568 g/mol. The predicted octanol–water partition coefficient (Wildman–Crippen LogP) is 2.14. The maximum atomic E-state index is 14.0. The number of fused-ring (bicyclic) bond motifs is 2. The highest BCUT2D eigenvalue weighted by molar-refractivity contribution is 8.00. The van der Waals surface area contributed by atoms with E-state index in [-0.39, 0.29) is 23.9 Å². The van der Waals surface area contributed by atoms with Gasteiger partial charge in [-0.25, -0.2) is 9.69 Å². The van der Waals surface area contributed by atoms with E-state index in [0.717, 1.165) is 28.0 Å². The first-order valence-electron chi connectivity index (χ1n) is 13.2. The lowest BCUT2D eigenvalue weighted by Gasteiger charge is -2.31. The monoisotopic (exact) mass is 594 g/mol. The van der Waals surface area contributed by atoms with Crippen LogP contribution in [0.5, 0.6) is 0 Å². The summed E-state index contributed by atoms with van der Waals surface area (Å²) in [6.45, 7) is 3.57. The molecule has 3 aliphatic heterocycles. The number of carbonyl (C=O) groups excluding carboxylic acids is 4. The molecule has 3 aliphatic rings. The molecule has 0 unspecified atom stereocenters. The Morgan fingerprint density at radius 3 is 2.51 bits per heavy atom. The molecule has 2 fully saturated rings. The van der Waals surface area contributed by atoms with Crippen molar-refractivity contribution in [1.29, 1.82) is 0 Å². The Hall–Kier alpha value is -3.81. The Bertz CT molecular complexity index is 1560. The first kappa shape index (κ1) is 27.4. The molecule has 0 spiro atoms. The second-order valence-corrected chi connectivity index (χ2v) is 11.8. The van der Waals surface area contributed by atoms with Crippen LogP contribution < -0.4 is 9.77 Å². The van der Waals surface area contributed by atoms with Gasteiger partial charge in [0.2, 0.25) is 17.7 Å². The fraction of sp³-hybridized carbons (Fsp3) is 0.357. The van der Waals surface area contributed by atoms with E-state index < -0.39 is 34.9 Å². The van der Waals surface area contributed by atoms with Gasteiger partial charge in [0, 0.05) is 36.3 Å². The number of hydrogen-bond donors (Lipinski definition) is 0. The van der Waals surface area contributed by atoms with Gasteiger partial charge in [-0.05, 0) is 42.8 Å². The summed E-state index contributed by atoms with van der Waals surface area (Å²) in [5, 5.41) is -0.291. The lowest BCUT2D eigenvalue weighted by Crippen LogP contribution is -2.43. The van der Waals surface area contributed by atoms with E-state index in [4.69, 9.17) is 9.47 Å². The minimum atomic E-state index is -0.816. The molecule has 3 aromatic rings. The second kappa shape index (κ2) is 11.2. The van der Waals surface area contributed by atoms with Crippen LogP contribution in [0.2, 0.25) is 0 Å². The van der Waals surface area contributed by atoms with Crippen molar-refractivity contribution >= 4 is 52.5 Å². The summed E-state index contributed by atoms with van der Waals surface area (Å²) < 4.78 is 11.8. The Morgan fingerprint density at radius 2 is 1.83 bits per heavy atom. The van der Waals surface area contributed by atoms with E-state index in [1.54, 1.807) is 42.4 Å². The van der Waals surface area contributed by atoms with Crippen molar-refractivity contribution in [3.05, 3.63) is 74.5 Å². The molecule has 0 aliphatic carbocycles. The summed E-state index contributed by atoms with van der Waals surface area (Å²) >= 11 is 2.16. The highest BCUT2D eigenvalue weighted by Crippen LogP contribution is 2.53. The highest BCUT2D eigenvalue weighted by Gasteiger charge is 2.57. The number of aromatic nitrogens is 2. The average Bonchev–Trinajstić information content (AvgIpc) is 3.44. The predicted molar refractivity (Wildman–Crippen MR) is 150 cm³/mol. The van der Waals surface area contributed by atoms with Crippen molar-refractivity contribution in [2.24, 2.45) is 5.92 Å². The lowest BCUT2D eigenvalue weighted by molar-refractivity contribution is -0.136. The third-order valence-corrected chi connectivity index (χ3v) is 9.99. The van der Waals surface area contributed by atoms with Gasteiger partial charge in [0.25, 0.3) is 0 Å². The largest absolute Gasteiger partial charge is 0.462 e. The van der Waals surface area contributed by atoms with Crippen LogP contribution in [0.1, 0.15) is 33.6 Å². The van der Waals surface area contributed by atoms with Crippen LogP contribution in [0.4, 0.5) is 5.69 Å². The smallest absolute Gasteiger partial charge is 0.338 e. The molecular formula is C28H26N4O7S2. The number of amides is 3. The first-order valence-corrected chi connectivity index (χ1v) is 14.9. The van der Waals surface area contributed by atoms with Gasteiger partial charge in [-0.1, -0.05) is 29.2 Å². The molecule has 3 atom stereocenters. The van der Waals surface area contributed by atoms with Crippen LogP contribution in [-0.2, 0) is 30.4 Å². The van der Waals surface area contributed by atoms with Gasteiger partial charge in [-0.3, -0.25) is 28.7 Å². The summed E-state index contributed by atoms with van der Waals surface area (Å²) in [4.78, 5) is 73.6. The number of morpholine rings is 1. The van der Waals surface area contributed by atoms with Crippen molar-refractivity contribution in [1.82, 2.24) is 14.5 Å². The number of rotatable bonds is 6. The molecule has 0 N–H and O–H groups in total. The van der Waals surface area contributed by atoms with Crippen LogP contribution in [0.25, 0.3) is 0 Å². The van der Waals surface area contributed by atoms with Crippen LogP contribution in [0.3, 0.4) is 0 Å². The van der Waals surface area contributed by atoms with Gasteiger partial charge in [0.15, 0.2) is 0 Å². The molecule has 41 heavy (non-hydrogen) atoms. The quantitative estimate of drug-likeness (QED) is 0.311. The molecule has 0 bridgehead atoms. The average molecular weight is 595 g/mol. The Labute approximate surface area is 243 Å². The molecule has 2 saturated heterocycles. The number of benzene rings is 1. The van der Waals surface area contributed by atoms with Gasteiger partial charge < -0.3 is 14.4 Å². The van der Waals surface area contributed by atoms with Crippen LogP contribution in [0, 0.1) is 5.92 Å². The van der Waals surface area contributed by atoms with Crippen LogP contribution in [-0.4, -0.2) is 76.3 Å². The van der Waals surface area contributed by atoms with Crippen LogP contribution in [0.15, 0.2) is 58.6 Å². The maximum absolute atomic E-state index is 14.0. The zero-order chi connectivity index (χ0) is 28.7. The van der Waals surface area contributed by atoms with Gasteiger partial charge in [-0.15, -0.1) is 0 Å². The Kier molecular flexibility index (Phi) is 7.49. The van der Waals surface area contributed by atoms with E-state index in [0.29, 0.717) is 53.0 Å². The maximum Gasteiger partial charge on any atom is 0.338 e. The van der Waals surface area contributed by atoms with Gasteiger partial charge >= 0.3 is 10.8 Å². The molecule has 212 valence electrons. The van der Waals surface area contributed by atoms with E-state index in [1.165, 1.54) is 16.7 Å². The van der Waals surface area contributed by atoms with Crippen molar-refractivity contribution in [3.63, 3.8) is 0 Å².